The summed E-state index contributed by atoms with van der Waals surface area (Å²) in [4.78, 5) is 2.60. The summed E-state index contributed by atoms with van der Waals surface area (Å²) in [6, 6.07) is 9.43. The van der Waals surface area contributed by atoms with E-state index in [1.54, 1.807) is 0 Å². The van der Waals surface area contributed by atoms with Crippen LogP contribution in [0.15, 0.2) is 24.3 Å². The molecule has 0 aliphatic carbocycles. The number of rotatable bonds is 6. The molecule has 1 heterocycles. The third-order valence-electron chi connectivity index (χ3n) is 5.36. The van der Waals surface area contributed by atoms with Gasteiger partial charge in [0.25, 0.3) is 0 Å². The van der Waals surface area contributed by atoms with Gasteiger partial charge in [-0.2, -0.15) is 0 Å². The molecule has 0 radical (unpaired) electrons. The lowest BCUT2D eigenvalue weighted by Gasteiger charge is -2.42. The first-order chi connectivity index (χ1) is 10.1. The van der Waals surface area contributed by atoms with Gasteiger partial charge in [0.05, 0.1) is 0 Å². The SMILES string of the molecule is CCC1(CC)CCN(c2ccccc2CNC(C)C)CC1. The molecule has 0 bridgehead atoms. The Hall–Kier alpha value is -1.02. The third-order valence-corrected chi connectivity index (χ3v) is 5.36. The van der Waals surface area contributed by atoms with E-state index in [9.17, 15) is 0 Å². The highest BCUT2D eigenvalue weighted by Gasteiger charge is 2.31. The van der Waals surface area contributed by atoms with Crippen LogP contribution in [0.25, 0.3) is 0 Å². The zero-order chi connectivity index (χ0) is 15.3. The Kier molecular flexibility index (Phi) is 5.69. The van der Waals surface area contributed by atoms with Gasteiger partial charge in [-0.1, -0.05) is 58.7 Å². The molecule has 0 saturated carbocycles. The first-order valence-corrected chi connectivity index (χ1v) is 8.66. The van der Waals surface area contributed by atoms with Gasteiger partial charge in [-0.15, -0.1) is 0 Å². The fourth-order valence-electron chi connectivity index (χ4n) is 3.46. The zero-order valence-electron chi connectivity index (χ0n) is 14.3. The second kappa shape index (κ2) is 7.31. The fraction of sp³-hybridized carbons (Fsp3) is 0.684. The second-order valence-electron chi connectivity index (χ2n) is 6.86. The second-order valence-corrected chi connectivity index (χ2v) is 6.86. The summed E-state index contributed by atoms with van der Waals surface area (Å²) >= 11 is 0. The predicted molar refractivity (Wildman–Crippen MR) is 92.9 cm³/mol. The molecule has 0 amide bonds. The normalized spacial score (nSPS) is 18.2. The van der Waals surface area contributed by atoms with E-state index >= 15 is 0 Å². The van der Waals surface area contributed by atoms with Crippen molar-refractivity contribution in [1.82, 2.24) is 5.32 Å². The van der Waals surface area contributed by atoms with Gasteiger partial charge in [0.15, 0.2) is 0 Å². The Morgan fingerprint density at radius 1 is 1.10 bits per heavy atom. The Bertz CT molecular complexity index is 425. The first kappa shape index (κ1) is 16.4. The summed E-state index contributed by atoms with van der Waals surface area (Å²) in [7, 11) is 0. The Morgan fingerprint density at radius 3 is 2.29 bits per heavy atom. The highest BCUT2D eigenvalue weighted by Crippen LogP contribution is 2.39. The lowest BCUT2D eigenvalue weighted by molar-refractivity contribution is 0.199. The summed E-state index contributed by atoms with van der Waals surface area (Å²) in [5, 5.41) is 3.55. The fourth-order valence-corrected chi connectivity index (χ4v) is 3.46. The number of para-hydroxylation sites is 1. The molecule has 0 atom stereocenters. The number of benzene rings is 1. The molecule has 1 aromatic rings. The molecule has 2 rings (SSSR count). The number of anilines is 1. The van der Waals surface area contributed by atoms with Gasteiger partial charge in [0, 0.05) is 31.4 Å². The molecule has 0 unspecified atom stereocenters. The molecular formula is C19H32N2. The van der Waals surface area contributed by atoms with Crippen LogP contribution >= 0.6 is 0 Å². The van der Waals surface area contributed by atoms with E-state index in [1.165, 1.54) is 50.0 Å². The largest absolute Gasteiger partial charge is 0.371 e. The van der Waals surface area contributed by atoms with Gasteiger partial charge in [0.2, 0.25) is 0 Å². The molecule has 21 heavy (non-hydrogen) atoms. The number of hydrogen-bond donors (Lipinski definition) is 1. The van der Waals surface area contributed by atoms with E-state index in [1.807, 2.05) is 0 Å². The molecule has 0 aromatic heterocycles. The molecule has 1 aromatic carbocycles. The van der Waals surface area contributed by atoms with Crippen LogP contribution in [-0.4, -0.2) is 19.1 Å². The quantitative estimate of drug-likeness (QED) is 0.823. The monoisotopic (exact) mass is 288 g/mol. The van der Waals surface area contributed by atoms with Crippen LogP contribution in [0.4, 0.5) is 5.69 Å². The van der Waals surface area contributed by atoms with Gasteiger partial charge in [-0.25, -0.2) is 0 Å². The van der Waals surface area contributed by atoms with Gasteiger partial charge in [0.1, 0.15) is 0 Å². The lowest BCUT2D eigenvalue weighted by Crippen LogP contribution is -2.40. The summed E-state index contributed by atoms with van der Waals surface area (Å²) in [6.07, 6.45) is 5.33. The third kappa shape index (κ3) is 4.00. The molecule has 1 fully saturated rings. The van der Waals surface area contributed by atoms with Crippen molar-refractivity contribution >= 4 is 5.69 Å². The van der Waals surface area contributed by atoms with Gasteiger partial charge in [-0.05, 0) is 29.9 Å². The minimum atomic E-state index is 0.534. The summed E-state index contributed by atoms with van der Waals surface area (Å²) in [5.41, 5.74) is 3.47. The number of hydrogen-bond acceptors (Lipinski definition) is 2. The zero-order valence-corrected chi connectivity index (χ0v) is 14.3. The van der Waals surface area contributed by atoms with Gasteiger partial charge in [-0.3, -0.25) is 0 Å². The van der Waals surface area contributed by atoms with Crippen molar-refractivity contribution in [2.45, 2.75) is 66.0 Å². The van der Waals surface area contributed by atoms with Crippen molar-refractivity contribution in [3.63, 3.8) is 0 Å². The summed E-state index contributed by atoms with van der Waals surface area (Å²) < 4.78 is 0. The number of nitrogens with one attached hydrogen (secondary N) is 1. The molecule has 2 nitrogen and oxygen atoms in total. The average Bonchev–Trinajstić information content (AvgIpc) is 2.53. The molecular weight excluding hydrogens is 256 g/mol. The predicted octanol–water partition coefficient (Wildman–Crippen LogP) is 4.59. The Morgan fingerprint density at radius 2 is 1.71 bits per heavy atom. The Balaban J connectivity index is 2.06. The Labute approximate surface area is 130 Å². The van der Waals surface area contributed by atoms with Crippen LogP contribution in [0.5, 0.6) is 0 Å². The molecule has 1 aliphatic rings. The molecule has 1 aliphatic heterocycles. The van der Waals surface area contributed by atoms with Crippen LogP contribution in [0.1, 0.15) is 58.9 Å². The van der Waals surface area contributed by atoms with Gasteiger partial charge < -0.3 is 10.2 Å². The van der Waals surface area contributed by atoms with Crippen molar-refractivity contribution in [1.29, 1.82) is 0 Å². The molecule has 0 spiro atoms. The van der Waals surface area contributed by atoms with E-state index in [0.717, 1.165) is 6.54 Å². The van der Waals surface area contributed by atoms with Crippen molar-refractivity contribution in [3.8, 4) is 0 Å². The van der Waals surface area contributed by atoms with E-state index in [4.69, 9.17) is 0 Å². The van der Waals surface area contributed by atoms with E-state index in [2.05, 4.69) is 62.2 Å². The van der Waals surface area contributed by atoms with E-state index in [-0.39, 0.29) is 0 Å². The number of piperidine rings is 1. The molecule has 2 heteroatoms. The lowest BCUT2D eigenvalue weighted by atomic mass is 9.74. The van der Waals surface area contributed by atoms with Crippen molar-refractivity contribution < 1.29 is 0 Å². The average molecular weight is 288 g/mol. The minimum Gasteiger partial charge on any atom is -0.371 e. The molecule has 118 valence electrons. The minimum absolute atomic E-state index is 0.534. The topological polar surface area (TPSA) is 15.3 Å². The van der Waals surface area contributed by atoms with Crippen LogP contribution in [0, 0.1) is 5.41 Å². The first-order valence-electron chi connectivity index (χ1n) is 8.66. The van der Waals surface area contributed by atoms with Crippen LogP contribution < -0.4 is 10.2 Å². The van der Waals surface area contributed by atoms with Gasteiger partial charge >= 0.3 is 0 Å². The van der Waals surface area contributed by atoms with Crippen LogP contribution in [-0.2, 0) is 6.54 Å². The smallest absolute Gasteiger partial charge is 0.0411 e. The van der Waals surface area contributed by atoms with E-state index in [0.29, 0.717) is 11.5 Å². The van der Waals surface area contributed by atoms with Crippen molar-refractivity contribution in [2.24, 2.45) is 5.41 Å². The maximum absolute atomic E-state index is 3.55. The highest BCUT2D eigenvalue weighted by molar-refractivity contribution is 5.54. The maximum atomic E-state index is 3.55. The number of nitrogens with zero attached hydrogens (tertiary/aromatic N) is 1. The van der Waals surface area contributed by atoms with Crippen LogP contribution in [0.2, 0.25) is 0 Å². The van der Waals surface area contributed by atoms with E-state index < -0.39 is 0 Å². The maximum Gasteiger partial charge on any atom is 0.0411 e. The molecule has 1 N–H and O–H groups in total. The van der Waals surface area contributed by atoms with Crippen molar-refractivity contribution in [2.75, 3.05) is 18.0 Å². The summed E-state index contributed by atoms with van der Waals surface area (Å²) in [6.45, 7) is 12.5. The molecule has 1 saturated heterocycles. The standard InChI is InChI=1S/C19H32N2/c1-5-19(6-2)11-13-21(14-12-19)18-10-8-7-9-17(18)15-20-16(3)4/h7-10,16,20H,5-6,11-15H2,1-4H3. The highest BCUT2D eigenvalue weighted by atomic mass is 15.1. The van der Waals surface area contributed by atoms with Crippen molar-refractivity contribution in [3.05, 3.63) is 29.8 Å². The summed E-state index contributed by atoms with van der Waals surface area (Å²) in [5.74, 6) is 0. The van der Waals surface area contributed by atoms with Crippen LogP contribution in [0.3, 0.4) is 0 Å².